The summed E-state index contributed by atoms with van der Waals surface area (Å²) in [7, 11) is 0. The van der Waals surface area contributed by atoms with Gasteiger partial charge < -0.3 is 4.90 Å². The van der Waals surface area contributed by atoms with Crippen molar-refractivity contribution in [3.8, 4) is 0 Å². The molecule has 0 N–H and O–H groups in total. The van der Waals surface area contributed by atoms with Crippen LogP contribution in [0.25, 0.3) is 0 Å². The van der Waals surface area contributed by atoms with Gasteiger partial charge in [0.2, 0.25) is 0 Å². The molecule has 0 spiro atoms. The zero-order valence-electron chi connectivity index (χ0n) is 13.2. The van der Waals surface area contributed by atoms with Crippen molar-refractivity contribution in [1.82, 2.24) is 9.80 Å². The molecule has 0 unspecified atom stereocenters. The highest BCUT2D eigenvalue weighted by Crippen LogP contribution is 2.35. The number of fused-ring (bicyclic) bond motifs is 4. The van der Waals surface area contributed by atoms with E-state index in [1.165, 1.54) is 44.4 Å². The molecule has 0 aromatic heterocycles. The zero-order chi connectivity index (χ0) is 16.0. The Hall–Kier alpha value is -1.13. The maximum Gasteiger partial charge on any atom is 0.254 e. The first-order valence-electron chi connectivity index (χ1n) is 8.58. The van der Waals surface area contributed by atoms with E-state index < -0.39 is 5.82 Å². The van der Waals surface area contributed by atoms with Gasteiger partial charge in [-0.3, -0.25) is 9.69 Å². The van der Waals surface area contributed by atoms with Crippen LogP contribution in [0.15, 0.2) is 18.2 Å². The Kier molecular flexibility index (Phi) is 4.06. The number of piperidine rings is 1. The number of hydrogen-bond acceptors (Lipinski definition) is 2. The van der Waals surface area contributed by atoms with Gasteiger partial charge in [0.1, 0.15) is 5.82 Å². The predicted molar refractivity (Wildman–Crippen MR) is 88.1 cm³/mol. The highest BCUT2D eigenvalue weighted by Gasteiger charge is 2.38. The van der Waals surface area contributed by atoms with Gasteiger partial charge in [-0.1, -0.05) is 11.6 Å². The second kappa shape index (κ2) is 6.06. The van der Waals surface area contributed by atoms with E-state index in [9.17, 15) is 9.18 Å². The molecule has 0 radical (unpaired) electrons. The summed E-state index contributed by atoms with van der Waals surface area (Å²) in [5, 5.41) is 0.0631. The summed E-state index contributed by atoms with van der Waals surface area (Å²) in [5.74, 6) is 0.842. The highest BCUT2D eigenvalue weighted by molar-refractivity contribution is 6.30. The van der Waals surface area contributed by atoms with Gasteiger partial charge in [-0.2, -0.15) is 0 Å². The molecule has 3 aliphatic heterocycles. The average molecular weight is 337 g/mol. The van der Waals surface area contributed by atoms with Gasteiger partial charge in [0.05, 0.1) is 5.02 Å². The predicted octanol–water partition coefficient (Wildman–Crippen LogP) is 3.43. The molecule has 23 heavy (non-hydrogen) atoms. The maximum atomic E-state index is 13.7. The number of benzene rings is 1. The number of amides is 1. The molecule has 4 aliphatic rings. The number of hydrogen-bond donors (Lipinski definition) is 0. The van der Waals surface area contributed by atoms with Crippen molar-refractivity contribution in [3.05, 3.63) is 34.6 Å². The molecule has 3 saturated heterocycles. The van der Waals surface area contributed by atoms with E-state index in [0.29, 0.717) is 17.5 Å². The lowest BCUT2D eigenvalue weighted by Gasteiger charge is -2.36. The molecule has 5 rings (SSSR count). The third-order valence-electron chi connectivity index (χ3n) is 5.47. The van der Waals surface area contributed by atoms with Crippen molar-refractivity contribution >= 4 is 17.5 Å². The number of carbonyl (C=O) groups excluding carboxylic acids is 1. The minimum Gasteiger partial charge on any atom is -0.337 e. The average Bonchev–Trinajstić information content (AvgIpc) is 3.37. The van der Waals surface area contributed by atoms with Gasteiger partial charge in [0.25, 0.3) is 5.91 Å². The lowest BCUT2D eigenvalue weighted by molar-refractivity contribution is 0.0736. The minimum atomic E-state index is -0.523. The van der Waals surface area contributed by atoms with Gasteiger partial charge in [-0.05, 0) is 55.7 Å². The second-order valence-corrected chi connectivity index (χ2v) is 7.74. The fourth-order valence-electron chi connectivity index (χ4n) is 4.01. The largest absolute Gasteiger partial charge is 0.337 e. The Bertz CT molecular complexity index is 619. The molecule has 1 aliphatic carbocycles. The van der Waals surface area contributed by atoms with E-state index in [2.05, 4.69) is 4.90 Å². The number of carbonyl (C=O) groups is 1. The number of nitrogens with zero attached hydrogens (tertiary/aromatic N) is 2. The molecule has 5 heteroatoms. The van der Waals surface area contributed by atoms with Crippen LogP contribution in [-0.2, 0) is 0 Å². The van der Waals surface area contributed by atoms with E-state index in [0.717, 1.165) is 25.6 Å². The number of halogens is 2. The van der Waals surface area contributed by atoms with Crippen LogP contribution in [-0.4, -0.2) is 47.9 Å². The molecule has 124 valence electrons. The lowest BCUT2D eigenvalue weighted by Crippen LogP contribution is -2.45. The molecule has 1 aromatic carbocycles. The standard InChI is InChI=1S/C18H22ClFN2O/c19-16-6-4-14(7-17(16)20)18(23)22-10-13-3-5-15(11-22)21(9-13)8-12-1-2-12/h4,6-7,12-13,15H,1-3,5,8-11H2/t13-,15-/m0/s1. The molecule has 1 saturated carbocycles. The summed E-state index contributed by atoms with van der Waals surface area (Å²) in [5.41, 5.74) is 0.405. The van der Waals surface area contributed by atoms with Crippen molar-refractivity contribution in [2.75, 3.05) is 26.2 Å². The van der Waals surface area contributed by atoms with Crippen molar-refractivity contribution in [1.29, 1.82) is 0 Å². The topological polar surface area (TPSA) is 23.6 Å². The van der Waals surface area contributed by atoms with E-state index in [-0.39, 0.29) is 10.9 Å². The first-order valence-corrected chi connectivity index (χ1v) is 8.96. The normalized spacial score (nSPS) is 28.0. The van der Waals surface area contributed by atoms with E-state index >= 15 is 0 Å². The fourth-order valence-corrected chi connectivity index (χ4v) is 4.13. The van der Waals surface area contributed by atoms with Crippen LogP contribution in [0.1, 0.15) is 36.0 Å². The van der Waals surface area contributed by atoms with Crippen LogP contribution >= 0.6 is 11.6 Å². The van der Waals surface area contributed by atoms with Gasteiger partial charge in [-0.15, -0.1) is 0 Å². The molecule has 1 aromatic rings. The Labute approximate surface area is 141 Å². The van der Waals surface area contributed by atoms with Gasteiger partial charge in [-0.25, -0.2) is 4.39 Å². The van der Waals surface area contributed by atoms with Crippen molar-refractivity contribution < 1.29 is 9.18 Å². The highest BCUT2D eigenvalue weighted by atomic mass is 35.5. The van der Waals surface area contributed by atoms with Crippen LogP contribution < -0.4 is 0 Å². The smallest absolute Gasteiger partial charge is 0.254 e. The second-order valence-electron chi connectivity index (χ2n) is 7.33. The van der Waals surface area contributed by atoms with Crippen LogP contribution in [0, 0.1) is 17.7 Å². The molecular formula is C18H22ClFN2O. The monoisotopic (exact) mass is 336 g/mol. The lowest BCUT2D eigenvalue weighted by atomic mass is 9.95. The third kappa shape index (κ3) is 3.24. The van der Waals surface area contributed by atoms with Crippen LogP contribution in [0.4, 0.5) is 4.39 Å². The van der Waals surface area contributed by atoms with Crippen molar-refractivity contribution in [2.45, 2.75) is 31.7 Å². The van der Waals surface area contributed by atoms with Gasteiger partial charge >= 0.3 is 0 Å². The molecule has 3 nitrogen and oxygen atoms in total. The summed E-state index contributed by atoms with van der Waals surface area (Å²) in [6, 6.07) is 4.83. The summed E-state index contributed by atoms with van der Waals surface area (Å²) >= 11 is 5.72. The van der Waals surface area contributed by atoms with Crippen LogP contribution in [0.5, 0.6) is 0 Å². The van der Waals surface area contributed by atoms with E-state index in [1.54, 1.807) is 6.07 Å². The maximum absolute atomic E-state index is 13.7. The Morgan fingerprint density at radius 2 is 2.00 bits per heavy atom. The Balaban J connectivity index is 1.50. The molecule has 2 atom stereocenters. The summed E-state index contributed by atoms with van der Waals surface area (Å²) in [6.45, 7) is 3.87. The minimum absolute atomic E-state index is 0.0631. The molecule has 3 heterocycles. The van der Waals surface area contributed by atoms with Crippen molar-refractivity contribution in [3.63, 3.8) is 0 Å². The fraction of sp³-hybridized carbons (Fsp3) is 0.611. The summed E-state index contributed by atoms with van der Waals surface area (Å²) < 4.78 is 13.7. The van der Waals surface area contributed by atoms with Crippen LogP contribution in [0.3, 0.4) is 0 Å². The molecule has 2 bridgehead atoms. The van der Waals surface area contributed by atoms with Crippen LogP contribution in [0.2, 0.25) is 5.02 Å². The Morgan fingerprint density at radius 1 is 1.17 bits per heavy atom. The van der Waals surface area contributed by atoms with E-state index in [4.69, 9.17) is 11.6 Å². The summed E-state index contributed by atoms with van der Waals surface area (Å²) in [4.78, 5) is 17.3. The first-order chi connectivity index (χ1) is 11.1. The molecule has 1 amide bonds. The Morgan fingerprint density at radius 3 is 2.74 bits per heavy atom. The zero-order valence-corrected chi connectivity index (χ0v) is 13.9. The number of rotatable bonds is 3. The quantitative estimate of drug-likeness (QED) is 0.844. The van der Waals surface area contributed by atoms with E-state index in [1.807, 2.05) is 4.90 Å². The van der Waals surface area contributed by atoms with Crippen molar-refractivity contribution in [2.24, 2.45) is 11.8 Å². The van der Waals surface area contributed by atoms with Gasteiger partial charge in [0, 0.05) is 37.8 Å². The third-order valence-corrected chi connectivity index (χ3v) is 5.78. The SMILES string of the molecule is O=C(c1ccc(Cl)c(F)c1)N1C[C@H]2CC[C@@H](C1)N(CC1CC1)C2. The first kappa shape index (κ1) is 15.4. The molecule has 4 fully saturated rings. The molecular weight excluding hydrogens is 315 g/mol. The summed E-state index contributed by atoms with van der Waals surface area (Å²) in [6.07, 6.45) is 5.10. The van der Waals surface area contributed by atoms with Gasteiger partial charge in [0.15, 0.2) is 0 Å².